The maximum absolute atomic E-state index is 12.8. The molecule has 0 aliphatic carbocycles. The lowest BCUT2D eigenvalue weighted by molar-refractivity contribution is -0.130. The largest absolute Gasteiger partial charge is 0.507 e. The molecule has 142 valence electrons. The number of benzene rings is 2. The van der Waals surface area contributed by atoms with Crippen molar-refractivity contribution in [2.45, 2.75) is 6.92 Å². The van der Waals surface area contributed by atoms with Crippen LogP contribution in [-0.4, -0.2) is 34.2 Å². The van der Waals surface area contributed by atoms with Gasteiger partial charge < -0.3 is 10.4 Å². The first-order valence-electron chi connectivity index (χ1n) is 8.25. The van der Waals surface area contributed by atoms with Gasteiger partial charge in [0.1, 0.15) is 5.75 Å². The van der Waals surface area contributed by atoms with E-state index in [4.69, 9.17) is 12.2 Å². The number of carbonyl (C=O) groups is 3. The van der Waals surface area contributed by atoms with Crippen molar-refractivity contribution >= 4 is 47.0 Å². The Balaban J connectivity index is 1.76. The summed E-state index contributed by atoms with van der Waals surface area (Å²) in [5.74, 6) is -3.38. The second-order valence-corrected chi connectivity index (χ2v) is 6.40. The number of phenolic OH excluding ortho intramolecular Hbond substituents is 1. The minimum Gasteiger partial charge on any atom is -0.507 e. The molecule has 1 atom stereocenters. The number of hydrogen-bond donors (Lipinski definition) is 3. The fourth-order valence-corrected chi connectivity index (χ4v) is 2.85. The standard InChI is InChI=1S/C19H16N4O4S/c1-11-6-8-12(9-7-11)23-18(27)14(16(25)21-19(23)28)10-20-22-17(26)13-4-2-3-5-15(13)24/h2-10,14,24H,1H3,(H,22,26)(H,21,25,28)/b20-10-/t14-/m1/s1. The van der Waals surface area contributed by atoms with Gasteiger partial charge in [-0.05, 0) is 43.4 Å². The molecule has 3 N–H and O–H groups in total. The van der Waals surface area contributed by atoms with Crippen molar-refractivity contribution in [1.29, 1.82) is 0 Å². The summed E-state index contributed by atoms with van der Waals surface area (Å²) >= 11 is 5.11. The van der Waals surface area contributed by atoms with Crippen LogP contribution in [0.25, 0.3) is 0 Å². The predicted molar refractivity (Wildman–Crippen MR) is 107 cm³/mol. The Morgan fingerprint density at radius 2 is 1.89 bits per heavy atom. The van der Waals surface area contributed by atoms with Gasteiger partial charge in [0.15, 0.2) is 11.0 Å². The highest BCUT2D eigenvalue weighted by Crippen LogP contribution is 2.21. The first-order valence-corrected chi connectivity index (χ1v) is 8.66. The Morgan fingerprint density at radius 1 is 1.21 bits per heavy atom. The smallest absolute Gasteiger partial charge is 0.275 e. The topological polar surface area (TPSA) is 111 Å². The van der Waals surface area contributed by atoms with Crippen LogP contribution >= 0.6 is 12.2 Å². The van der Waals surface area contributed by atoms with E-state index >= 15 is 0 Å². The number of rotatable bonds is 4. The molecule has 3 amide bonds. The summed E-state index contributed by atoms with van der Waals surface area (Å²) in [4.78, 5) is 38.2. The van der Waals surface area contributed by atoms with E-state index < -0.39 is 23.6 Å². The normalized spacial score (nSPS) is 17.0. The molecule has 1 aliphatic rings. The molecule has 1 fully saturated rings. The number of hydrazone groups is 1. The van der Waals surface area contributed by atoms with E-state index in [-0.39, 0.29) is 16.4 Å². The van der Waals surface area contributed by atoms with Crippen LogP contribution < -0.4 is 15.6 Å². The number of para-hydroxylation sites is 1. The third-order valence-electron chi connectivity index (χ3n) is 4.03. The highest BCUT2D eigenvalue weighted by molar-refractivity contribution is 7.80. The molecule has 8 nitrogen and oxygen atoms in total. The number of phenols is 1. The molecule has 1 aliphatic heterocycles. The summed E-state index contributed by atoms with van der Waals surface area (Å²) in [6, 6.07) is 13.0. The van der Waals surface area contributed by atoms with Crippen LogP contribution in [0.5, 0.6) is 5.75 Å². The number of anilines is 1. The van der Waals surface area contributed by atoms with E-state index in [2.05, 4.69) is 15.8 Å². The van der Waals surface area contributed by atoms with Crippen LogP contribution in [0.3, 0.4) is 0 Å². The first-order chi connectivity index (χ1) is 13.4. The van der Waals surface area contributed by atoms with Crippen LogP contribution in [0.4, 0.5) is 5.69 Å². The zero-order chi connectivity index (χ0) is 20.3. The van der Waals surface area contributed by atoms with Gasteiger partial charge in [0.05, 0.1) is 11.3 Å². The van der Waals surface area contributed by atoms with Gasteiger partial charge >= 0.3 is 0 Å². The van der Waals surface area contributed by atoms with Crippen molar-refractivity contribution in [2.75, 3.05) is 4.90 Å². The number of carbonyl (C=O) groups excluding carboxylic acids is 3. The van der Waals surface area contributed by atoms with Crippen molar-refractivity contribution in [2.24, 2.45) is 11.0 Å². The summed E-state index contributed by atoms with van der Waals surface area (Å²) in [5, 5.41) is 15.8. The first kappa shape index (κ1) is 19.2. The monoisotopic (exact) mass is 396 g/mol. The molecular formula is C19H16N4O4S. The van der Waals surface area contributed by atoms with Crippen molar-refractivity contribution in [1.82, 2.24) is 10.7 Å². The number of thiocarbonyl (C=S) groups is 1. The van der Waals surface area contributed by atoms with Gasteiger partial charge in [-0.15, -0.1) is 0 Å². The molecule has 28 heavy (non-hydrogen) atoms. The molecule has 9 heteroatoms. The summed E-state index contributed by atoms with van der Waals surface area (Å²) < 4.78 is 0. The number of amides is 3. The van der Waals surface area contributed by atoms with E-state index in [0.29, 0.717) is 5.69 Å². The molecule has 0 unspecified atom stereocenters. The summed E-state index contributed by atoms with van der Waals surface area (Å²) in [5.41, 5.74) is 3.72. The van der Waals surface area contributed by atoms with Crippen molar-refractivity contribution < 1.29 is 19.5 Å². The van der Waals surface area contributed by atoms with Crippen LogP contribution in [-0.2, 0) is 9.59 Å². The van der Waals surface area contributed by atoms with Crippen LogP contribution in [0.1, 0.15) is 15.9 Å². The van der Waals surface area contributed by atoms with E-state index in [0.717, 1.165) is 11.8 Å². The van der Waals surface area contributed by atoms with E-state index in [9.17, 15) is 19.5 Å². The molecule has 1 heterocycles. The quantitative estimate of drug-likeness (QED) is 0.314. The summed E-state index contributed by atoms with van der Waals surface area (Å²) in [6.07, 6.45) is 1.03. The number of nitrogens with zero attached hydrogens (tertiary/aromatic N) is 2. The Morgan fingerprint density at radius 3 is 2.57 bits per heavy atom. The Kier molecular flexibility index (Phi) is 5.46. The molecule has 0 radical (unpaired) electrons. The van der Waals surface area contributed by atoms with Gasteiger partial charge in [0, 0.05) is 6.21 Å². The second kappa shape index (κ2) is 7.97. The third kappa shape index (κ3) is 3.89. The molecule has 3 rings (SSSR count). The lowest BCUT2D eigenvalue weighted by Gasteiger charge is -2.30. The average molecular weight is 396 g/mol. The zero-order valence-corrected chi connectivity index (χ0v) is 15.6. The fourth-order valence-electron chi connectivity index (χ4n) is 2.56. The number of aromatic hydroxyl groups is 1. The minimum atomic E-state index is -1.27. The van der Waals surface area contributed by atoms with Crippen molar-refractivity contribution in [3.63, 3.8) is 0 Å². The van der Waals surface area contributed by atoms with Gasteiger partial charge in [0.25, 0.3) is 11.8 Å². The fraction of sp³-hybridized carbons (Fsp3) is 0.105. The lowest BCUT2D eigenvalue weighted by Crippen LogP contribution is -2.58. The molecule has 2 aromatic carbocycles. The van der Waals surface area contributed by atoms with Gasteiger partial charge in [-0.1, -0.05) is 29.8 Å². The molecule has 0 saturated carbocycles. The number of hydrogen-bond acceptors (Lipinski definition) is 6. The van der Waals surface area contributed by atoms with Gasteiger partial charge in [-0.3, -0.25) is 19.3 Å². The van der Waals surface area contributed by atoms with Gasteiger partial charge in [0.2, 0.25) is 5.91 Å². The SMILES string of the molecule is Cc1ccc(N2C(=O)[C@H](/C=N\NC(=O)c3ccccc3O)C(=O)NC2=S)cc1. The van der Waals surface area contributed by atoms with Crippen molar-refractivity contribution in [3.8, 4) is 5.75 Å². The Labute approximate surface area is 165 Å². The summed E-state index contributed by atoms with van der Waals surface area (Å²) in [7, 11) is 0. The van der Waals surface area contributed by atoms with Crippen LogP contribution in [0.2, 0.25) is 0 Å². The number of nitrogens with one attached hydrogen (secondary N) is 2. The van der Waals surface area contributed by atoms with Crippen molar-refractivity contribution in [3.05, 3.63) is 59.7 Å². The van der Waals surface area contributed by atoms with Gasteiger partial charge in [-0.25, -0.2) is 5.43 Å². The molecule has 0 aromatic heterocycles. The number of aryl methyl sites for hydroxylation is 1. The highest BCUT2D eigenvalue weighted by Gasteiger charge is 2.38. The maximum Gasteiger partial charge on any atom is 0.275 e. The molecule has 0 spiro atoms. The zero-order valence-electron chi connectivity index (χ0n) is 14.7. The van der Waals surface area contributed by atoms with E-state index in [1.54, 1.807) is 24.3 Å². The second-order valence-electron chi connectivity index (χ2n) is 6.02. The van der Waals surface area contributed by atoms with E-state index in [1.165, 1.54) is 17.0 Å². The minimum absolute atomic E-state index is 0.0153. The molecular weight excluding hydrogens is 380 g/mol. The third-order valence-corrected chi connectivity index (χ3v) is 4.32. The lowest BCUT2D eigenvalue weighted by atomic mass is 10.1. The van der Waals surface area contributed by atoms with Crippen LogP contribution in [0.15, 0.2) is 53.6 Å². The van der Waals surface area contributed by atoms with E-state index in [1.807, 2.05) is 19.1 Å². The summed E-state index contributed by atoms with van der Waals surface area (Å²) in [6.45, 7) is 1.91. The highest BCUT2D eigenvalue weighted by atomic mass is 32.1. The Hall–Kier alpha value is -3.59. The molecule has 0 bridgehead atoms. The van der Waals surface area contributed by atoms with Gasteiger partial charge in [-0.2, -0.15) is 5.10 Å². The molecule has 2 aromatic rings. The average Bonchev–Trinajstić information content (AvgIpc) is 2.66. The predicted octanol–water partition coefficient (Wildman–Crippen LogP) is 1.48. The molecule has 1 saturated heterocycles. The Bertz CT molecular complexity index is 988. The van der Waals surface area contributed by atoms with Crippen LogP contribution in [0, 0.1) is 12.8 Å². The maximum atomic E-state index is 12.8.